The lowest BCUT2D eigenvalue weighted by Crippen LogP contribution is -2.62. The Hall–Kier alpha value is -2.30. The number of likely N-dealkylation sites (N-methyl/N-ethyl adjacent to an activating group) is 1. The number of fused-ring (bicyclic) bond motifs is 1. The number of amides is 1. The third-order valence-corrected chi connectivity index (χ3v) is 4.33. The molecular formula is C16H20N4O. The maximum Gasteiger partial charge on any atom is 0.247 e. The highest BCUT2D eigenvalue weighted by Gasteiger charge is 2.41. The molecule has 1 aliphatic rings. The van der Waals surface area contributed by atoms with Gasteiger partial charge in [0.15, 0.2) is 0 Å². The Labute approximate surface area is 124 Å². The number of piperazine rings is 1. The average Bonchev–Trinajstić information content (AvgIpc) is 2.47. The van der Waals surface area contributed by atoms with Crippen LogP contribution in [0.1, 0.15) is 13.8 Å². The summed E-state index contributed by atoms with van der Waals surface area (Å²) in [7, 11) is 1.84. The summed E-state index contributed by atoms with van der Waals surface area (Å²) >= 11 is 0. The van der Waals surface area contributed by atoms with Crippen LogP contribution in [0.25, 0.3) is 10.8 Å². The van der Waals surface area contributed by atoms with E-state index in [9.17, 15) is 4.79 Å². The van der Waals surface area contributed by atoms with Gasteiger partial charge in [0, 0.05) is 43.3 Å². The molecule has 1 fully saturated rings. The first kappa shape index (κ1) is 13.7. The Balaban J connectivity index is 2.12. The molecule has 110 valence electrons. The van der Waals surface area contributed by atoms with E-state index >= 15 is 0 Å². The Morgan fingerprint density at radius 2 is 2.00 bits per heavy atom. The van der Waals surface area contributed by atoms with Gasteiger partial charge in [0.05, 0.1) is 11.4 Å². The molecule has 1 amide bonds. The van der Waals surface area contributed by atoms with Crippen molar-refractivity contribution in [3.8, 4) is 0 Å². The van der Waals surface area contributed by atoms with Gasteiger partial charge in [0.25, 0.3) is 0 Å². The number of pyridine rings is 1. The lowest BCUT2D eigenvalue weighted by atomic mass is 9.95. The standard InChI is InChI=1S/C16H20N4O/c1-16(2)15(21)19(3)8-9-20(16)13-5-4-11-10-18-7-6-12(11)14(13)17/h4-7,10H,8-9,17H2,1-3H3. The quantitative estimate of drug-likeness (QED) is 0.812. The molecule has 21 heavy (non-hydrogen) atoms. The molecule has 5 nitrogen and oxygen atoms in total. The van der Waals surface area contributed by atoms with Crippen molar-refractivity contribution in [3.63, 3.8) is 0 Å². The number of hydrogen-bond donors (Lipinski definition) is 1. The van der Waals surface area contributed by atoms with Gasteiger partial charge in [-0.1, -0.05) is 6.07 Å². The van der Waals surface area contributed by atoms with Crippen LogP contribution in [0.4, 0.5) is 11.4 Å². The fourth-order valence-electron chi connectivity index (χ4n) is 3.05. The SMILES string of the molecule is CN1CCN(c2ccc3cnccc3c2N)C(C)(C)C1=O. The van der Waals surface area contributed by atoms with Crippen LogP contribution in [0.2, 0.25) is 0 Å². The third kappa shape index (κ3) is 2.00. The Kier molecular flexibility index (Phi) is 3.01. The van der Waals surface area contributed by atoms with Crippen molar-refractivity contribution < 1.29 is 4.79 Å². The van der Waals surface area contributed by atoms with E-state index in [1.807, 2.05) is 39.1 Å². The topological polar surface area (TPSA) is 62.5 Å². The Morgan fingerprint density at radius 1 is 1.24 bits per heavy atom. The van der Waals surface area contributed by atoms with Crippen molar-refractivity contribution in [3.05, 3.63) is 30.6 Å². The Bertz CT molecular complexity index is 710. The van der Waals surface area contributed by atoms with Crippen molar-refractivity contribution in [2.75, 3.05) is 30.8 Å². The number of nitrogens with zero attached hydrogens (tertiary/aromatic N) is 3. The van der Waals surface area contributed by atoms with Crippen LogP contribution in [-0.2, 0) is 4.79 Å². The first-order valence-corrected chi connectivity index (χ1v) is 7.08. The van der Waals surface area contributed by atoms with Gasteiger partial charge in [-0.05, 0) is 26.0 Å². The number of anilines is 2. The molecule has 0 aliphatic carbocycles. The molecule has 0 saturated carbocycles. The highest BCUT2D eigenvalue weighted by molar-refractivity contribution is 6.00. The molecule has 0 unspecified atom stereocenters. The summed E-state index contributed by atoms with van der Waals surface area (Å²) in [6.45, 7) is 5.37. The normalized spacial score (nSPS) is 18.3. The first-order valence-electron chi connectivity index (χ1n) is 7.08. The number of carbonyl (C=O) groups is 1. The minimum atomic E-state index is -0.595. The van der Waals surface area contributed by atoms with Gasteiger partial charge in [-0.2, -0.15) is 0 Å². The molecule has 1 aromatic heterocycles. The molecule has 0 spiro atoms. The number of nitrogen functional groups attached to an aromatic ring is 1. The molecule has 0 radical (unpaired) electrons. The summed E-state index contributed by atoms with van der Waals surface area (Å²) in [5.74, 6) is 0.114. The summed E-state index contributed by atoms with van der Waals surface area (Å²) in [5.41, 5.74) is 7.39. The van der Waals surface area contributed by atoms with Crippen LogP contribution >= 0.6 is 0 Å². The van der Waals surface area contributed by atoms with Gasteiger partial charge in [-0.3, -0.25) is 9.78 Å². The van der Waals surface area contributed by atoms with Gasteiger partial charge in [-0.25, -0.2) is 0 Å². The van der Waals surface area contributed by atoms with Crippen LogP contribution in [-0.4, -0.2) is 41.5 Å². The second kappa shape index (κ2) is 4.62. The Morgan fingerprint density at radius 3 is 2.76 bits per heavy atom. The molecular weight excluding hydrogens is 264 g/mol. The van der Waals surface area contributed by atoms with Crippen molar-refractivity contribution in [1.82, 2.24) is 9.88 Å². The van der Waals surface area contributed by atoms with E-state index in [0.717, 1.165) is 23.0 Å². The van der Waals surface area contributed by atoms with Gasteiger partial charge >= 0.3 is 0 Å². The molecule has 1 aliphatic heterocycles. The highest BCUT2D eigenvalue weighted by Crippen LogP contribution is 2.36. The lowest BCUT2D eigenvalue weighted by molar-refractivity contribution is -0.136. The van der Waals surface area contributed by atoms with Crippen molar-refractivity contribution in [2.24, 2.45) is 0 Å². The zero-order valence-electron chi connectivity index (χ0n) is 12.6. The molecule has 1 aromatic carbocycles. The zero-order chi connectivity index (χ0) is 15.2. The van der Waals surface area contributed by atoms with Crippen molar-refractivity contribution in [1.29, 1.82) is 0 Å². The van der Waals surface area contributed by atoms with E-state index in [2.05, 4.69) is 9.88 Å². The lowest BCUT2D eigenvalue weighted by Gasteiger charge is -2.46. The summed E-state index contributed by atoms with van der Waals surface area (Å²) in [5, 5.41) is 1.99. The van der Waals surface area contributed by atoms with Crippen LogP contribution in [0, 0.1) is 0 Å². The van der Waals surface area contributed by atoms with Gasteiger partial charge in [-0.15, -0.1) is 0 Å². The maximum absolute atomic E-state index is 12.4. The zero-order valence-corrected chi connectivity index (χ0v) is 12.6. The van der Waals surface area contributed by atoms with E-state index in [-0.39, 0.29) is 5.91 Å². The van der Waals surface area contributed by atoms with E-state index in [1.165, 1.54) is 0 Å². The smallest absolute Gasteiger partial charge is 0.247 e. The third-order valence-electron chi connectivity index (χ3n) is 4.33. The summed E-state index contributed by atoms with van der Waals surface area (Å²) in [4.78, 5) is 20.4. The number of benzene rings is 1. The highest BCUT2D eigenvalue weighted by atomic mass is 16.2. The van der Waals surface area contributed by atoms with Gasteiger partial charge in [0.2, 0.25) is 5.91 Å². The number of carbonyl (C=O) groups excluding carboxylic acids is 1. The van der Waals surface area contributed by atoms with E-state index < -0.39 is 5.54 Å². The number of aromatic nitrogens is 1. The van der Waals surface area contributed by atoms with Crippen molar-refractivity contribution >= 4 is 28.1 Å². The molecule has 0 bridgehead atoms. The molecule has 3 rings (SSSR count). The molecule has 2 aromatic rings. The predicted octanol–water partition coefficient (Wildman–Crippen LogP) is 1.87. The van der Waals surface area contributed by atoms with E-state index in [4.69, 9.17) is 5.73 Å². The second-order valence-corrected chi connectivity index (χ2v) is 6.03. The van der Waals surface area contributed by atoms with E-state index in [1.54, 1.807) is 17.3 Å². The predicted molar refractivity (Wildman–Crippen MR) is 85.2 cm³/mol. The van der Waals surface area contributed by atoms with Crippen LogP contribution in [0.15, 0.2) is 30.6 Å². The molecule has 5 heteroatoms. The summed E-state index contributed by atoms with van der Waals surface area (Å²) in [6.07, 6.45) is 3.54. The minimum absolute atomic E-state index is 0.114. The molecule has 0 atom stereocenters. The summed E-state index contributed by atoms with van der Waals surface area (Å²) in [6, 6.07) is 5.91. The first-order chi connectivity index (χ1) is 9.93. The minimum Gasteiger partial charge on any atom is -0.397 e. The fourth-order valence-corrected chi connectivity index (χ4v) is 3.05. The number of rotatable bonds is 1. The van der Waals surface area contributed by atoms with Crippen LogP contribution in [0.5, 0.6) is 0 Å². The van der Waals surface area contributed by atoms with Crippen LogP contribution in [0.3, 0.4) is 0 Å². The molecule has 1 saturated heterocycles. The second-order valence-electron chi connectivity index (χ2n) is 6.03. The molecule has 2 heterocycles. The van der Waals surface area contributed by atoms with Gasteiger partial charge in [0.1, 0.15) is 5.54 Å². The largest absolute Gasteiger partial charge is 0.397 e. The van der Waals surface area contributed by atoms with Crippen molar-refractivity contribution in [2.45, 2.75) is 19.4 Å². The number of hydrogen-bond acceptors (Lipinski definition) is 4. The van der Waals surface area contributed by atoms with Crippen LogP contribution < -0.4 is 10.6 Å². The fraction of sp³-hybridized carbons (Fsp3) is 0.375. The number of nitrogens with two attached hydrogens (primary N) is 1. The van der Waals surface area contributed by atoms with E-state index in [0.29, 0.717) is 12.2 Å². The summed E-state index contributed by atoms with van der Waals surface area (Å²) < 4.78 is 0. The monoisotopic (exact) mass is 284 g/mol. The maximum atomic E-state index is 12.4. The molecule has 2 N–H and O–H groups in total. The average molecular weight is 284 g/mol. The van der Waals surface area contributed by atoms with Gasteiger partial charge < -0.3 is 15.5 Å².